The fourth-order valence-corrected chi connectivity index (χ4v) is 3.76. The molecule has 1 aliphatic heterocycles. The van der Waals surface area contributed by atoms with Gasteiger partial charge in [0.1, 0.15) is 6.61 Å². The highest BCUT2D eigenvalue weighted by molar-refractivity contribution is 7.07. The summed E-state index contributed by atoms with van der Waals surface area (Å²) in [6.45, 7) is 8.94. The Bertz CT molecular complexity index is 593. The van der Waals surface area contributed by atoms with Crippen LogP contribution in [-0.4, -0.2) is 53.2 Å². The highest BCUT2D eigenvalue weighted by Gasteiger charge is 2.28. The van der Waals surface area contributed by atoms with E-state index in [9.17, 15) is 0 Å². The lowest BCUT2D eigenvalue weighted by Gasteiger charge is -2.39. The smallest absolute Gasteiger partial charge is 0.243 e. The van der Waals surface area contributed by atoms with Gasteiger partial charge >= 0.3 is 0 Å². The molecule has 0 spiro atoms. The average Bonchev–Trinajstić information content (AvgIpc) is 3.26. The van der Waals surface area contributed by atoms with Crippen LogP contribution in [0.2, 0.25) is 0 Å². The van der Waals surface area contributed by atoms with E-state index < -0.39 is 0 Å². The van der Waals surface area contributed by atoms with Gasteiger partial charge in [-0.25, -0.2) is 0 Å². The summed E-state index contributed by atoms with van der Waals surface area (Å²) in [6.07, 6.45) is 0. The van der Waals surface area contributed by atoms with Crippen LogP contribution in [0.15, 0.2) is 21.3 Å². The van der Waals surface area contributed by atoms with Crippen molar-refractivity contribution in [3.8, 4) is 0 Å². The molecule has 3 heterocycles. The second-order valence-electron chi connectivity index (χ2n) is 5.96. The van der Waals surface area contributed by atoms with Crippen LogP contribution in [0.25, 0.3) is 0 Å². The normalized spacial score (nSPS) is 19.8. The second kappa shape index (κ2) is 7.53. The van der Waals surface area contributed by atoms with Gasteiger partial charge in [0.25, 0.3) is 0 Å². The summed E-state index contributed by atoms with van der Waals surface area (Å²) in [5.74, 6) is 1.29. The summed E-state index contributed by atoms with van der Waals surface area (Å²) in [7, 11) is 1.63. The molecule has 0 radical (unpaired) electrons. The van der Waals surface area contributed by atoms with Crippen LogP contribution >= 0.6 is 11.3 Å². The Morgan fingerprint density at radius 3 is 2.52 bits per heavy atom. The summed E-state index contributed by atoms with van der Waals surface area (Å²) in [5.41, 5.74) is 1.41. The Kier molecular flexibility index (Phi) is 5.42. The van der Waals surface area contributed by atoms with Crippen LogP contribution in [0.4, 0.5) is 0 Å². The summed E-state index contributed by atoms with van der Waals surface area (Å²) in [6, 6.07) is 2.85. The molecule has 7 heteroatoms. The zero-order chi connectivity index (χ0) is 16.2. The molecule has 0 aromatic carbocycles. The Morgan fingerprint density at radius 1 is 1.22 bits per heavy atom. The van der Waals surface area contributed by atoms with E-state index in [4.69, 9.17) is 9.26 Å². The summed E-state index contributed by atoms with van der Waals surface area (Å²) < 4.78 is 10.4. The van der Waals surface area contributed by atoms with Crippen molar-refractivity contribution in [3.05, 3.63) is 34.1 Å². The van der Waals surface area contributed by atoms with Crippen molar-refractivity contribution in [2.45, 2.75) is 32.5 Å². The van der Waals surface area contributed by atoms with E-state index in [0.29, 0.717) is 24.4 Å². The zero-order valence-corrected chi connectivity index (χ0v) is 14.8. The van der Waals surface area contributed by atoms with Gasteiger partial charge in [-0.15, -0.1) is 0 Å². The zero-order valence-electron chi connectivity index (χ0n) is 13.9. The molecule has 0 unspecified atom stereocenters. The van der Waals surface area contributed by atoms with Gasteiger partial charge in [0.15, 0.2) is 5.82 Å². The van der Waals surface area contributed by atoms with Crippen molar-refractivity contribution in [1.29, 1.82) is 0 Å². The molecule has 2 aromatic heterocycles. The molecule has 23 heavy (non-hydrogen) atoms. The number of piperazine rings is 1. The average molecular weight is 336 g/mol. The monoisotopic (exact) mass is 336 g/mol. The molecule has 1 saturated heterocycles. The molecule has 2 aromatic rings. The molecule has 0 bridgehead atoms. The number of methoxy groups -OCH3 is 1. The molecule has 0 aliphatic carbocycles. The van der Waals surface area contributed by atoms with Crippen molar-refractivity contribution in [1.82, 2.24) is 19.9 Å². The minimum Gasteiger partial charge on any atom is -0.377 e. The van der Waals surface area contributed by atoms with Crippen molar-refractivity contribution in [2.75, 3.05) is 33.3 Å². The molecule has 3 rings (SSSR count). The first-order chi connectivity index (χ1) is 11.2. The summed E-state index contributed by atoms with van der Waals surface area (Å²) in [5, 5.41) is 8.35. The number of nitrogens with zero attached hydrogens (tertiary/aromatic N) is 4. The van der Waals surface area contributed by atoms with Crippen LogP contribution in [0.3, 0.4) is 0 Å². The van der Waals surface area contributed by atoms with Gasteiger partial charge in [0.05, 0.1) is 6.04 Å². The van der Waals surface area contributed by atoms with Crippen LogP contribution < -0.4 is 0 Å². The molecule has 1 fully saturated rings. The Labute approximate surface area is 141 Å². The largest absolute Gasteiger partial charge is 0.377 e. The fourth-order valence-electron chi connectivity index (χ4n) is 3.02. The van der Waals surface area contributed by atoms with Crippen molar-refractivity contribution in [3.63, 3.8) is 0 Å². The number of hydrogen-bond acceptors (Lipinski definition) is 7. The molecule has 0 amide bonds. The SMILES string of the molecule is COCc1noc([C@H](C)N2CCN([C@H](C)c3ccsc3)CC2)n1. The maximum Gasteiger partial charge on any atom is 0.243 e. The molecule has 6 nitrogen and oxygen atoms in total. The molecular weight excluding hydrogens is 312 g/mol. The van der Waals surface area contributed by atoms with E-state index >= 15 is 0 Å². The summed E-state index contributed by atoms with van der Waals surface area (Å²) >= 11 is 1.77. The minimum atomic E-state index is 0.145. The van der Waals surface area contributed by atoms with Crippen LogP contribution in [0.5, 0.6) is 0 Å². The molecule has 2 atom stereocenters. The quantitative estimate of drug-likeness (QED) is 0.808. The number of thiophene rings is 1. The lowest BCUT2D eigenvalue weighted by molar-refractivity contribution is 0.0678. The van der Waals surface area contributed by atoms with Gasteiger partial charge in [-0.2, -0.15) is 16.3 Å². The Hall–Kier alpha value is -1.28. The topological polar surface area (TPSA) is 54.6 Å². The van der Waals surface area contributed by atoms with Gasteiger partial charge in [-0.1, -0.05) is 5.16 Å². The highest BCUT2D eigenvalue weighted by atomic mass is 32.1. The van der Waals surface area contributed by atoms with Crippen molar-refractivity contribution in [2.24, 2.45) is 0 Å². The maximum atomic E-state index is 5.37. The molecule has 1 aliphatic rings. The first kappa shape index (κ1) is 16.6. The Balaban J connectivity index is 1.55. The minimum absolute atomic E-state index is 0.145. The standard InChI is InChI=1S/C16H24N4O2S/c1-12(14-4-9-23-11-14)19-5-7-20(8-6-19)13(2)16-17-15(10-21-3)18-22-16/h4,9,11-13H,5-8,10H2,1-3H3/t12-,13+/m1/s1. The van der Waals surface area contributed by atoms with E-state index in [1.807, 2.05) is 0 Å². The van der Waals surface area contributed by atoms with E-state index in [0.717, 1.165) is 26.2 Å². The number of ether oxygens (including phenoxy) is 1. The van der Waals surface area contributed by atoms with Crippen molar-refractivity contribution >= 4 is 11.3 Å². The predicted molar refractivity (Wildman–Crippen MR) is 89.3 cm³/mol. The number of hydrogen-bond donors (Lipinski definition) is 0. The van der Waals surface area contributed by atoms with Crippen LogP contribution in [0.1, 0.15) is 43.2 Å². The van der Waals surface area contributed by atoms with E-state index in [-0.39, 0.29) is 6.04 Å². The number of aromatic nitrogens is 2. The lowest BCUT2D eigenvalue weighted by atomic mass is 10.1. The molecule has 0 N–H and O–H groups in total. The van der Waals surface area contributed by atoms with Gasteiger partial charge in [-0.05, 0) is 36.2 Å². The highest BCUT2D eigenvalue weighted by Crippen LogP contribution is 2.26. The maximum absolute atomic E-state index is 5.37. The molecule has 126 valence electrons. The second-order valence-corrected chi connectivity index (χ2v) is 6.74. The summed E-state index contributed by atoms with van der Waals surface area (Å²) in [4.78, 5) is 9.35. The van der Waals surface area contributed by atoms with E-state index in [1.165, 1.54) is 5.56 Å². The van der Waals surface area contributed by atoms with Crippen LogP contribution in [0, 0.1) is 0 Å². The third kappa shape index (κ3) is 3.80. The third-order valence-electron chi connectivity index (χ3n) is 4.58. The molecule has 0 saturated carbocycles. The van der Waals surface area contributed by atoms with Crippen molar-refractivity contribution < 1.29 is 9.26 Å². The third-order valence-corrected chi connectivity index (χ3v) is 5.29. The first-order valence-corrected chi connectivity index (χ1v) is 8.95. The van der Waals surface area contributed by atoms with E-state index in [1.54, 1.807) is 18.4 Å². The first-order valence-electron chi connectivity index (χ1n) is 8.00. The van der Waals surface area contributed by atoms with E-state index in [2.05, 4.69) is 50.6 Å². The van der Waals surface area contributed by atoms with Gasteiger partial charge < -0.3 is 9.26 Å². The van der Waals surface area contributed by atoms with Gasteiger partial charge in [0, 0.05) is 39.3 Å². The predicted octanol–water partition coefficient (Wildman–Crippen LogP) is 2.72. The molecular formula is C16H24N4O2S. The number of rotatable bonds is 6. The fraction of sp³-hybridized carbons (Fsp3) is 0.625. The van der Waals surface area contributed by atoms with Gasteiger partial charge in [-0.3, -0.25) is 9.80 Å². The lowest BCUT2D eigenvalue weighted by Crippen LogP contribution is -2.47. The Morgan fingerprint density at radius 2 is 1.91 bits per heavy atom. The van der Waals surface area contributed by atoms with Gasteiger partial charge in [0.2, 0.25) is 5.89 Å². The van der Waals surface area contributed by atoms with Crippen LogP contribution in [-0.2, 0) is 11.3 Å².